The fourth-order valence-electron chi connectivity index (χ4n) is 3.73. The Morgan fingerprint density at radius 2 is 2.23 bits per heavy atom. The molecule has 0 bridgehead atoms. The Balaban J connectivity index is 1.41. The van der Waals surface area contributed by atoms with Gasteiger partial charge >= 0.3 is 0 Å². The fraction of sp³-hybridized carbons (Fsp3) is 0.611. The van der Waals surface area contributed by atoms with E-state index in [-0.39, 0.29) is 11.9 Å². The Morgan fingerprint density at radius 1 is 1.38 bits per heavy atom. The Labute approximate surface area is 152 Å². The number of fused-ring (bicyclic) bond motifs is 1. The van der Waals surface area contributed by atoms with Gasteiger partial charge in [-0.05, 0) is 25.7 Å². The third-order valence-electron chi connectivity index (χ3n) is 5.17. The van der Waals surface area contributed by atoms with Crippen molar-refractivity contribution in [2.75, 3.05) is 26.3 Å². The second-order valence-corrected chi connectivity index (χ2v) is 7.21. The van der Waals surface area contributed by atoms with Gasteiger partial charge in [0.1, 0.15) is 11.8 Å². The summed E-state index contributed by atoms with van der Waals surface area (Å²) in [6.07, 6.45) is 5.61. The highest BCUT2D eigenvalue weighted by atomic mass is 16.5. The molecular formula is C18H25N5O3. The zero-order chi connectivity index (χ0) is 17.9. The van der Waals surface area contributed by atoms with Crippen molar-refractivity contribution in [3.8, 4) is 0 Å². The van der Waals surface area contributed by atoms with Gasteiger partial charge in [0.25, 0.3) is 0 Å². The first-order valence-corrected chi connectivity index (χ1v) is 9.20. The number of carbonyl (C=O) groups is 1. The Bertz CT molecular complexity index is 750. The lowest BCUT2D eigenvalue weighted by atomic mass is 10.0. The molecule has 4 rings (SSSR count). The Morgan fingerprint density at radius 3 is 3.00 bits per heavy atom. The highest BCUT2D eigenvalue weighted by Crippen LogP contribution is 2.23. The largest absolute Gasteiger partial charge is 0.381 e. The minimum atomic E-state index is -0.269. The average molecular weight is 359 g/mol. The van der Waals surface area contributed by atoms with Crippen LogP contribution in [-0.2, 0) is 22.6 Å². The van der Waals surface area contributed by atoms with Crippen molar-refractivity contribution in [1.82, 2.24) is 24.9 Å². The molecule has 2 aromatic rings. The molecule has 8 heteroatoms. The lowest BCUT2D eigenvalue weighted by Crippen LogP contribution is -2.45. The van der Waals surface area contributed by atoms with Gasteiger partial charge in [-0.25, -0.2) is 4.98 Å². The first kappa shape index (κ1) is 17.2. The number of nitrogens with one attached hydrogen (secondary N) is 1. The SMILES string of the molecule is Cc1cc(CN2Cc3cncn3C(C(=O)NCC3CCOCC3)C2)no1. The summed E-state index contributed by atoms with van der Waals surface area (Å²) in [4.78, 5) is 19.3. The van der Waals surface area contributed by atoms with E-state index in [1.54, 1.807) is 6.33 Å². The van der Waals surface area contributed by atoms with Crippen LogP contribution in [0.1, 0.15) is 36.0 Å². The zero-order valence-electron chi connectivity index (χ0n) is 15.1. The molecule has 140 valence electrons. The van der Waals surface area contributed by atoms with Crippen molar-refractivity contribution >= 4 is 5.91 Å². The van der Waals surface area contributed by atoms with Crippen molar-refractivity contribution in [1.29, 1.82) is 0 Å². The summed E-state index contributed by atoms with van der Waals surface area (Å²) < 4.78 is 12.5. The van der Waals surface area contributed by atoms with Crippen LogP contribution in [0.25, 0.3) is 0 Å². The van der Waals surface area contributed by atoms with Crippen molar-refractivity contribution in [3.63, 3.8) is 0 Å². The van der Waals surface area contributed by atoms with Gasteiger partial charge in [-0.15, -0.1) is 0 Å². The number of hydrogen-bond acceptors (Lipinski definition) is 6. The third kappa shape index (κ3) is 3.81. The van der Waals surface area contributed by atoms with Gasteiger partial charge in [0.2, 0.25) is 5.91 Å². The minimum absolute atomic E-state index is 0.0526. The number of amides is 1. The fourth-order valence-corrected chi connectivity index (χ4v) is 3.73. The first-order chi connectivity index (χ1) is 12.7. The molecule has 2 aliphatic heterocycles. The van der Waals surface area contributed by atoms with Crippen molar-refractivity contribution < 1.29 is 14.1 Å². The van der Waals surface area contributed by atoms with E-state index >= 15 is 0 Å². The van der Waals surface area contributed by atoms with E-state index in [0.717, 1.165) is 49.7 Å². The van der Waals surface area contributed by atoms with Gasteiger partial charge in [-0.1, -0.05) is 5.16 Å². The van der Waals surface area contributed by atoms with Gasteiger partial charge in [-0.2, -0.15) is 0 Å². The van der Waals surface area contributed by atoms with Crippen LogP contribution >= 0.6 is 0 Å². The quantitative estimate of drug-likeness (QED) is 0.866. The summed E-state index contributed by atoms with van der Waals surface area (Å²) in [6, 6.07) is 1.67. The number of hydrogen-bond donors (Lipinski definition) is 1. The van der Waals surface area contributed by atoms with E-state index in [9.17, 15) is 4.79 Å². The highest BCUT2D eigenvalue weighted by Gasteiger charge is 2.31. The van der Waals surface area contributed by atoms with Crippen LogP contribution in [0, 0.1) is 12.8 Å². The molecule has 2 aromatic heterocycles. The topological polar surface area (TPSA) is 85.4 Å². The number of ether oxygens (including phenoxy) is 1. The van der Waals surface area contributed by atoms with E-state index in [1.807, 2.05) is 23.8 Å². The predicted octanol–water partition coefficient (Wildman–Crippen LogP) is 1.28. The molecule has 0 spiro atoms. The molecule has 26 heavy (non-hydrogen) atoms. The summed E-state index contributed by atoms with van der Waals surface area (Å²) in [5, 5.41) is 7.21. The van der Waals surface area contributed by atoms with E-state index in [1.165, 1.54) is 0 Å². The van der Waals surface area contributed by atoms with E-state index in [4.69, 9.17) is 9.26 Å². The van der Waals surface area contributed by atoms with Gasteiger partial charge < -0.3 is 19.1 Å². The molecule has 0 aliphatic carbocycles. The molecule has 4 heterocycles. The Hall–Kier alpha value is -2.19. The smallest absolute Gasteiger partial charge is 0.244 e. The molecule has 1 atom stereocenters. The third-order valence-corrected chi connectivity index (χ3v) is 5.17. The number of nitrogens with zero attached hydrogens (tertiary/aromatic N) is 4. The first-order valence-electron chi connectivity index (χ1n) is 9.20. The zero-order valence-corrected chi connectivity index (χ0v) is 15.1. The number of aromatic nitrogens is 3. The summed E-state index contributed by atoms with van der Waals surface area (Å²) in [7, 11) is 0. The van der Waals surface area contributed by atoms with Gasteiger partial charge in [0.15, 0.2) is 0 Å². The van der Waals surface area contributed by atoms with E-state index < -0.39 is 0 Å². The maximum Gasteiger partial charge on any atom is 0.244 e. The van der Waals surface area contributed by atoms with Crippen molar-refractivity contribution in [2.24, 2.45) is 5.92 Å². The molecule has 0 radical (unpaired) electrons. The van der Waals surface area contributed by atoms with Crippen LogP contribution < -0.4 is 5.32 Å². The van der Waals surface area contributed by atoms with Crippen LogP contribution in [-0.4, -0.2) is 51.8 Å². The minimum Gasteiger partial charge on any atom is -0.381 e. The maximum absolute atomic E-state index is 12.9. The second kappa shape index (κ2) is 7.59. The molecule has 1 fully saturated rings. The molecule has 1 unspecified atom stereocenters. The van der Waals surface area contributed by atoms with Gasteiger partial charge in [-0.3, -0.25) is 9.69 Å². The molecular weight excluding hydrogens is 334 g/mol. The van der Waals surface area contributed by atoms with E-state index in [0.29, 0.717) is 25.6 Å². The molecule has 8 nitrogen and oxygen atoms in total. The summed E-state index contributed by atoms with van der Waals surface area (Å²) in [5.74, 6) is 1.36. The van der Waals surface area contributed by atoms with Crippen LogP contribution in [0.2, 0.25) is 0 Å². The van der Waals surface area contributed by atoms with Crippen molar-refractivity contribution in [2.45, 2.75) is 38.9 Å². The Kier molecular flexibility index (Phi) is 5.03. The second-order valence-electron chi connectivity index (χ2n) is 7.21. The molecule has 2 aliphatic rings. The number of aryl methyl sites for hydroxylation is 1. The van der Waals surface area contributed by atoms with Gasteiger partial charge in [0.05, 0.1) is 17.7 Å². The maximum atomic E-state index is 12.9. The van der Waals surface area contributed by atoms with Crippen LogP contribution in [0.5, 0.6) is 0 Å². The van der Waals surface area contributed by atoms with Crippen LogP contribution in [0.15, 0.2) is 23.1 Å². The number of rotatable bonds is 5. The van der Waals surface area contributed by atoms with Gasteiger partial charge in [0, 0.05) is 51.7 Å². The summed E-state index contributed by atoms with van der Waals surface area (Å²) in [6.45, 7) is 6.22. The molecule has 1 N–H and O–H groups in total. The van der Waals surface area contributed by atoms with Crippen molar-refractivity contribution in [3.05, 3.63) is 35.7 Å². The van der Waals surface area contributed by atoms with Crippen LogP contribution in [0.3, 0.4) is 0 Å². The standard InChI is InChI=1S/C18H25N5O3/c1-13-6-15(21-26-13)9-22-10-16-8-19-12-23(16)17(11-22)18(24)20-7-14-2-4-25-5-3-14/h6,8,12,14,17H,2-5,7,9-11H2,1H3,(H,20,24). The predicted molar refractivity (Wildman–Crippen MR) is 93.2 cm³/mol. The molecule has 0 saturated carbocycles. The number of carbonyl (C=O) groups excluding carboxylic acids is 1. The van der Waals surface area contributed by atoms with Crippen LogP contribution in [0.4, 0.5) is 0 Å². The summed E-state index contributed by atoms with van der Waals surface area (Å²) in [5.41, 5.74) is 1.93. The monoisotopic (exact) mass is 359 g/mol. The highest BCUT2D eigenvalue weighted by molar-refractivity contribution is 5.80. The lowest BCUT2D eigenvalue weighted by molar-refractivity contribution is -0.126. The molecule has 1 amide bonds. The lowest BCUT2D eigenvalue weighted by Gasteiger charge is -2.33. The summed E-state index contributed by atoms with van der Waals surface area (Å²) >= 11 is 0. The molecule has 0 aromatic carbocycles. The normalized spacial score (nSPS) is 21.5. The van der Waals surface area contributed by atoms with E-state index in [2.05, 4.69) is 20.4 Å². The number of imidazole rings is 1. The average Bonchev–Trinajstić information content (AvgIpc) is 3.28. The molecule has 1 saturated heterocycles.